The molecule has 2 aromatic rings. The lowest BCUT2D eigenvalue weighted by Gasteiger charge is -2.21. The Kier molecular flexibility index (Phi) is 4.75. The summed E-state index contributed by atoms with van der Waals surface area (Å²) in [6.07, 6.45) is 0. The van der Waals surface area contributed by atoms with Gasteiger partial charge in [-0.1, -0.05) is 40.2 Å². The molecule has 0 amide bonds. The highest BCUT2D eigenvalue weighted by Gasteiger charge is 2.21. The molecule has 3 N–H and O–H groups in total. The van der Waals surface area contributed by atoms with Gasteiger partial charge in [-0.15, -0.1) is 0 Å². The van der Waals surface area contributed by atoms with E-state index in [4.69, 9.17) is 10.6 Å². The maximum Gasteiger partial charge on any atom is 0.170 e. The molecule has 0 saturated heterocycles. The molecule has 0 aliphatic rings. The lowest BCUT2D eigenvalue weighted by atomic mass is 9.95. The SMILES string of the molecule is COc1cccc(C(NN)c2cccc(Br)c2C)c1F. The average molecular weight is 339 g/mol. The van der Waals surface area contributed by atoms with E-state index in [1.54, 1.807) is 18.2 Å². The number of methoxy groups -OCH3 is 1. The third-order valence-electron chi connectivity index (χ3n) is 3.31. The first-order chi connectivity index (χ1) is 9.60. The second-order valence-corrected chi connectivity index (χ2v) is 5.27. The van der Waals surface area contributed by atoms with E-state index >= 15 is 0 Å². The summed E-state index contributed by atoms with van der Waals surface area (Å²) < 4.78 is 20.4. The van der Waals surface area contributed by atoms with Gasteiger partial charge in [-0.05, 0) is 30.2 Å². The van der Waals surface area contributed by atoms with Gasteiger partial charge in [-0.2, -0.15) is 0 Å². The normalized spacial score (nSPS) is 12.2. The zero-order chi connectivity index (χ0) is 14.7. The van der Waals surface area contributed by atoms with Crippen molar-refractivity contribution in [1.29, 1.82) is 0 Å². The molecule has 2 rings (SSSR count). The number of halogens is 2. The third kappa shape index (κ3) is 2.70. The molecule has 0 fully saturated rings. The predicted octanol–water partition coefficient (Wildman–Crippen LogP) is 3.46. The van der Waals surface area contributed by atoms with Gasteiger partial charge < -0.3 is 4.74 Å². The zero-order valence-electron chi connectivity index (χ0n) is 11.3. The molecule has 0 aliphatic carbocycles. The van der Waals surface area contributed by atoms with Crippen LogP contribution in [0.3, 0.4) is 0 Å². The molecule has 0 spiro atoms. The molecule has 0 heterocycles. The summed E-state index contributed by atoms with van der Waals surface area (Å²) in [5.41, 5.74) is 5.05. The van der Waals surface area contributed by atoms with Crippen LogP contribution in [0.4, 0.5) is 4.39 Å². The zero-order valence-corrected chi connectivity index (χ0v) is 12.9. The maximum absolute atomic E-state index is 14.4. The molecule has 1 atom stereocenters. The Bertz CT molecular complexity index is 619. The van der Waals surface area contributed by atoms with Crippen molar-refractivity contribution >= 4 is 15.9 Å². The second-order valence-electron chi connectivity index (χ2n) is 4.42. The molecule has 0 bridgehead atoms. The molecule has 106 valence electrons. The van der Waals surface area contributed by atoms with Gasteiger partial charge in [0.05, 0.1) is 13.2 Å². The molecule has 20 heavy (non-hydrogen) atoms. The van der Waals surface area contributed by atoms with Gasteiger partial charge in [0.25, 0.3) is 0 Å². The number of hydrogen-bond donors (Lipinski definition) is 2. The van der Waals surface area contributed by atoms with Gasteiger partial charge in [0, 0.05) is 10.0 Å². The summed E-state index contributed by atoms with van der Waals surface area (Å²) in [5.74, 6) is 5.44. The van der Waals surface area contributed by atoms with Crippen LogP contribution < -0.4 is 16.0 Å². The van der Waals surface area contributed by atoms with E-state index in [-0.39, 0.29) is 5.75 Å². The molecule has 0 saturated carbocycles. The topological polar surface area (TPSA) is 47.3 Å². The van der Waals surface area contributed by atoms with Gasteiger partial charge in [-0.25, -0.2) is 9.82 Å². The number of nitrogens with one attached hydrogen (secondary N) is 1. The van der Waals surface area contributed by atoms with E-state index in [0.29, 0.717) is 5.56 Å². The number of nitrogens with two attached hydrogens (primary N) is 1. The number of rotatable bonds is 4. The Balaban J connectivity index is 2.56. The van der Waals surface area contributed by atoms with E-state index in [1.165, 1.54) is 7.11 Å². The number of ether oxygens (including phenoxy) is 1. The molecule has 0 aliphatic heterocycles. The maximum atomic E-state index is 14.4. The number of benzene rings is 2. The minimum atomic E-state index is -0.442. The Morgan fingerprint density at radius 1 is 1.20 bits per heavy atom. The highest BCUT2D eigenvalue weighted by atomic mass is 79.9. The van der Waals surface area contributed by atoms with E-state index in [2.05, 4.69) is 21.4 Å². The van der Waals surface area contributed by atoms with Crippen molar-refractivity contribution in [3.05, 3.63) is 63.4 Å². The molecular formula is C15H16BrFN2O. The van der Waals surface area contributed by atoms with E-state index < -0.39 is 11.9 Å². The molecule has 0 radical (unpaired) electrons. The standard InChI is InChI=1S/C15H16BrFN2O/c1-9-10(5-3-7-12(9)16)15(19-18)11-6-4-8-13(20-2)14(11)17/h3-8,15,19H,18H2,1-2H3. The first-order valence-electron chi connectivity index (χ1n) is 6.13. The van der Waals surface area contributed by atoms with Gasteiger partial charge in [-0.3, -0.25) is 5.84 Å². The number of hydrogen-bond acceptors (Lipinski definition) is 3. The van der Waals surface area contributed by atoms with Crippen LogP contribution in [0.25, 0.3) is 0 Å². The quantitative estimate of drug-likeness (QED) is 0.663. The summed E-state index contributed by atoms with van der Waals surface area (Å²) in [6.45, 7) is 1.96. The molecule has 5 heteroatoms. The Morgan fingerprint density at radius 3 is 2.50 bits per heavy atom. The smallest absolute Gasteiger partial charge is 0.170 e. The van der Waals surface area contributed by atoms with Crippen LogP contribution in [0.1, 0.15) is 22.7 Å². The van der Waals surface area contributed by atoms with Crippen molar-refractivity contribution in [2.24, 2.45) is 5.84 Å². The predicted molar refractivity (Wildman–Crippen MR) is 81.0 cm³/mol. The van der Waals surface area contributed by atoms with E-state index in [1.807, 2.05) is 25.1 Å². The van der Waals surface area contributed by atoms with Crippen molar-refractivity contribution in [3.63, 3.8) is 0 Å². The lowest BCUT2D eigenvalue weighted by molar-refractivity contribution is 0.381. The second kappa shape index (κ2) is 6.35. The first-order valence-corrected chi connectivity index (χ1v) is 6.93. The van der Waals surface area contributed by atoms with Crippen molar-refractivity contribution in [1.82, 2.24) is 5.43 Å². The molecule has 3 nitrogen and oxygen atoms in total. The van der Waals surface area contributed by atoms with Crippen LogP contribution in [0.2, 0.25) is 0 Å². The summed E-state index contributed by atoms with van der Waals surface area (Å²) in [4.78, 5) is 0. The van der Waals surface area contributed by atoms with Crippen LogP contribution >= 0.6 is 15.9 Å². The Labute approximate surface area is 126 Å². The average Bonchev–Trinajstić information content (AvgIpc) is 2.46. The summed E-state index contributed by atoms with van der Waals surface area (Å²) in [5, 5.41) is 0. The van der Waals surface area contributed by atoms with E-state index in [0.717, 1.165) is 15.6 Å². The van der Waals surface area contributed by atoms with Gasteiger partial charge in [0.15, 0.2) is 11.6 Å². The van der Waals surface area contributed by atoms with Crippen molar-refractivity contribution < 1.29 is 9.13 Å². The fraction of sp³-hybridized carbons (Fsp3) is 0.200. The van der Waals surface area contributed by atoms with Crippen molar-refractivity contribution in [2.75, 3.05) is 7.11 Å². The van der Waals surface area contributed by atoms with Crippen LogP contribution in [0.15, 0.2) is 40.9 Å². The van der Waals surface area contributed by atoms with Gasteiger partial charge >= 0.3 is 0 Å². The summed E-state index contributed by atoms with van der Waals surface area (Å²) in [7, 11) is 1.44. The Hall–Kier alpha value is -1.43. The Morgan fingerprint density at radius 2 is 1.85 bits per heavy atom. The minimum absolute atomic E-state index is 0.204. The largest absolute Gasteiger partial charge is 0.494 e. The van der Waals surface area contributed by atoms with Gasteiger partial charge in [0.1, 0.15) is 0 Å². The lowest BCUT2D eigenvalue weighted by Crippen LogP contribution is -2.30. The summed E-state index contributed by atoms with van der Waals surface area (Å²) >= 11 is 3.48. The van der Waals surface area contributed by atoms with Crippen molar-refractivity contribution in [2.45, 2.75) is 13.0 Å². The van der Waals surface area contributed by atoms with Gasteiger partial charge in [0.2, 0.25) is 0 Å². The minimum Gasteiger partial charge on any atom is -0.494 e. The summed E-state index contributed by atoms with van der Waals surface area (Å²) in [6, 6.07) is 10.3. The van der Waals surface area contributed by atoms with Crippen LogP contribution in [0.5, 0.6) is 5.75 Å². The van der Waals surface area contributed by atoms with Crippen LogP contribution in [-0.4, -0.2) is 7.11 Å². The molecular weight excluding hydrogens is 323 g/mol. The first kappa shape index (κ1) is 15.0. The molecule has 0 aromatic heterocycles. The monoisotopic (exact) mass is 338 g/mol. The number of hydrazine groups is 1. The fourth-order valence-electron chi connectivity index (χ4n) is 2.19. The molecule has 1 unspecified atom stereocenters. The third-order valence-corrected chi connectivity index (χ3v) is 4.17. The van der Waals surface area contributed by atoms with Crippen LogP contribution in [0, 0.1) is 12.7 Å². The highest BCUT2D eigenvalue weighted by molar-refractivity contribution is 9.10. The van der Waals surface area contributed by atoms with E-state index in [9.17, 15) is 4.39 Å². The highest BCUT2D eigenvalue weighted by Crippen LogP contribution is 2.32. The molecule has 2 aromatic carbocycles. The van der Waals surface area contributed by atoms with Crippen molar-refractivity contribution in [3.8, 4) is 5.75 Å². The van der Waals surface area contributed by atoms with Crippen LogP contribution in [-0.2, 0) is 0 Å². The fourth-order valence-corrected chi connectivity index (χ4v) is 2.57.